The number of hydrogen-bond acceptors (Lipinski definition) is 3. The number of rotatable bonds is 3. The number of nitrogens with two attached hydrogens (primary N) is 1. The molecule has 0 fully saturated rings. The number of esters is 1. The summed E-state index contributed by atoms with van der Waals surface area (Å²) in [6.07, 6.45) is 0. The minimum atomic E-state index is -0.322. The third kappa shape index (κ3) is 3.06. The summed E-state index contributed by atoms with van der Waals surface area (Å²) in [6, 6.07) is 12.5. The lowest BCUT2D eigenvalue weighted by Gasteiger charge is -2.07. The summed E-state index contributed by atoms with van der Waals surface area (Å²) in [5.41, 5.74) is 8.61. The van der Waals surface area contributed by atoms with Gasteiger partial charge in [-0.3, -0.25) is 0 Å². The van der Waals surface area contributed by atoms with E-state index in [0.717, 1.165) is 11.1 Å². The van der Waals surface area contributed by atoms with E-state index in [-0.39, 0.29) is 5.97 Å². The Morgan fingerprint density at radius 3 is 2.47 bits per heavy atom. The lowest BCUT2D eigenvalue weighted by molar-refractivity contribution is 0.0526. The van der Waals surface area contributed by atoms with E-state index < -0.39 is 0 Å². The highest BCUT2D eigenvalue weighted by molar-refractivity contribution is 6.33. The second kappa shape index (κ2) is 5.76. The van der Waals surface area contributed by atoms with Crippen molar-refractivity contribution in [1.29, 1.82) is 0 Å². The molecule has 19 heavy (non-hydrogen) atoms. The summed E-state index contributed by atoms with van der Waals surface area (Å²) in [7, 11) is 0. The van der Waals surface area contributed by atoms with Crippen molar-refractivity contribution >= 4 is 23.3 Å². The fourth-order valence-corrected chi connectivity index (χ4v) is 2.06. The lowest BCUT2D eigenvalue weighted by Crippen LogP contribution is -2.04. The first-order valence-electron chi connectivity index (χ1n) is 5.94. The minimum Gasteiger partial charge on any atom is -0.462 e. The number of nitrogen functional groups attached to an aromatic ring is 1. The zero-order valence-electron chi connectivity index (χ0n) is 10.5. The van der Waals surface area contributed by atoms with Gasteiger partial charge in [0.2, 0.25) is 0 Å². The number of anilines is 1. The predicted octanol–water partition coefficient (Wildman–Crippen LogP) is 3.77. The van der Waals surface area contributed by atoms with Crippen LogP contribution in [0.5, 0.6) is 0 Å². The molecule has 2 N–H and O–H groups in total. The van der Waals surface area contributed by atoms with Gasteiger partial charge in [-0.1, -0.05) is 29.8 Å². The molecule has 0 bridgehead atoms. The second-order valence-electron chi connectivity index (χ2n) is 4.04. The van der Waals surface area contributed by atoms with Crippen LogP contribution in [0.25, 0.3) is 11.1 Å². The van der Waals surface area contributed by atoms with E-state index in [0.29, 0.717) is 22.9 Å². The molecule has 0 aliphatic heterocycles. The molecule has 0 saturated heterocycles. The van der Waals surface area contributed by atoms with E-state index in [1.54, 1.807) is 31.2 Å². The van der Waals surface area contributed by atoms with Gasteiger partial charge in [-0.05, 0) is 36.8 Å². The molecule has 0 spiro atoms. The van der Waals surface area contributed by atoms with Crippen LogP contribution in [-0.2, 0) is 4.74 Å². The largest absolute Gasteiger partial charge is 0.462 e. The summed E-state index contributed by atoms with van der Waals surface area (Å²) in [5.74, 6) is -0.322. The van der Waals surface area contributed by atoms with Gasteiger partial charge in [-0.15, -0.1) is 0 Å². The fraction of sp³-hybridized carbons (Fsp3) is 0.133. The quantitative estimate of drug-likeness (QED) is 0.685. The number of carbonyl (C=O) groups excluding carboxylic acids is 1. The minimum absolute atomic E-state index is 0.322. The number of ether oxygens (including phenoxy) is 1. The van der Waals surface area contributed by atoms with Crippen molar-refractivity contribution in [2.75, 3.05) is 12.3 Å². The van der Waals surface area contributed by atoms with Crippen LogP contribution in [0.3, 0.4) is 0 Å². The van der Waals surface area contributed by atoms with Crippen LogP contribution >= 0.6 is 11.6 Å². The highest BCUT2D eigenvalue weighted by Gasteiger charge is 2.08. The maximum atomic E-state index is 11.5. The smallest absolute Gasteiger partial charge is 0.338 e. The molecule has 0 amide bonds. The van der Waals surface area contributed by atoms with Crippen molar-refractivity contribution < 1.29 is 9.53 Å². The Morgan fingerprint density at radius 1 is 1.21 bits per heavy atom. The molecule has 0 unspecified atom stereocenters. The SMILES string of the molecule is CCOC(=O)c1ccc(-c2ccc(N)cc2Cl)cc1. The Balaban J connectivity index is 2.30. The van der Waals surface area contributed by atoms with Crippen LogP contribution in [0.15, 0.2) is 42.5 Å². The number of hydrogen-bond donors (Lipinski definition) is 1. The van der Waals surface area contributed by atoms with Crippen molar-refractivity contribution in [3.05, 3.63) is 53.1 Å². The highest BCUT2D eigenvalue weighted by atomic mass is 35.5. The maximum Gasteiger partial charge on any atom is 0.338 e. The van der Waals surface area contributed by atoms with Crippen molar-refractivity contribution in [3.8, 4) is 11.1 Å². The van der Waals surface area contributed by atoms with E-state index in [2.05, 4.69) is 0 Å². The summed E-state index contributed by atoms with van der Waals surface area (Å²) >= 11 is 6.14. The molecule has 0 saturated carbocycles. The van der Waals surface area contributed by atoms with E-state index in [4.69, 9.17) is 22.1 Å². The molecule has 2 aromatic carbocycles. The molecule has 0 aliphatic rings. The summed E-state index contributed by atoms with van der Waals surface area (Å²) in [4.78, 5) is 11.5. The van der Waals surface area contributed by atoms with Gasteiger partial charge < -0.3 is 10.5 Å². The normalized spacial score (nSPS) is 10.2. The third-order valence-electron chi connectivity index (χ3n) is 2.70. The first-order valence-corrected chi connectivity index (χ1v) is 6.32. The fourth-order valence-electron chi connectivity index (χ4n) is 1.77. The lowest BCUT2D eigenvalue weighted by atomic mass is 10.0. The van der Waals surface area contributed by atoms with Gasteiger partial charge in [0, 0.05) is 11.3 Å². The number of benzene rings is 2. The van der Waals surface area contributed by atoms with Gasteiger partial charge in [-0.25, -0.2) is 4.79 Å². The van der Waals surface area contributed by atoms with Crippen LogP contribution in [-0.4, -0.2) is 12.6 Å². The molecular formula is C15H14ClNO2. The number of halogens is 1. The van der Waals surface area contributed by atoms with E-state index in [1.807, 2.05) is 18.2 Å². The highest BCUT2D eigenvalue weighted by Crippen LogP contribution is 2.29. The Hall–Kier alpha value is -2.00. The average Bonchev–Trinajstić information content (AvgIpc) is 2.39. The predicted molar refractivity (Wildman–Crippen MR) is 77.3 cm³/mol. The van der Waals surface area contributed by atoms with E-state index in [9.17, 15) is 4.79 Å². The summed E-state index contributed by atoms with van der Waals surface area (Å²) in [6.45, 7) is 2.14. The molecule has 2 rings (SSSR count). The van der Waals surface area contributed by atoms with Crippen molar-refractivity contribution in [3.63, 3.8) is 0 Å². The monoisotopic (exact) mass is 275 g/mol. The molecule has 98 valence electrons. The Bertz CT molecular complexity index is 594. The molecule has 2 aromatic rings. The molecule has 0 atom stereocenters. The van der Waals surface area contributed by atoms with Crippen LogP contribution in [0, 0.1) is 0 Å². The maximum absolute atomic E-state index is 11.5. The van der Waals surface area contributed by atoms with Crippen LogP contribution in [0.2, 0.25) is 5.02 Å². The van der Waals surface area contributed by atoms with Gasteiger partial charge in [0.15, 0.2) is 0 Å². The second-order valence-corrected chi connectivity index (χ2v) is 4.44. The zero-order valence-corrected chi connectivity index (χ0v) is 11.3. The Labute approximate surface area is 117 Å². The van der Waals surface area contributed by atoms with E-state index >= 15 is 0 Å². The molecule has 0 aromatic heterocycles. The van der Waals surface area contributed by atoms with Crippen LogP contribution in [0.1, 0.15) is 17.3 Å². The Kier molecular flexibility index (Phi) is 4.07. The van der Waals surface area contributed by atoms with Crippen molar-refractivity contribution in [1.82, 2.24) is 0 Å². The first-order chi connectivity index (χ1) is 9.11. The van der Waals surface area contributed by atoms with Gasteiger partial charge in [-0.2, -0.15) is 0 Å². The Morgan fingerprint density at radius 2 is 1.89 bits per heavy atom. The molecule has 4 heteroatoms. The topological polar surface area (TPSA) is 52.3 Å². The summed E-state index contributed by atoms with van der Waals surface area (Å²) < 4.78 is 4.93. The summed E-state index contributed by atoms with van der Waals surface area (Å²) in [5, 5.41) is 0.587. The van der Waals surface area contributed by atoms with Gasteiger partial charge in [0.25, 0.3) is 0 Å². The van der Waals surface area contributed by atoms with Crippen LogP contribution in [0.4, 0.5) is 5.69 Å². The standard InChI is InChI=1S/C15H14ClNO2/c1-2-19-15(18)11-5-3-10(4-6-11)13-8-7-12(17)9-14(13)16/h3-9H,2,17H2,1H3. The van der Waals surface area contributed by atoms with Gasteiger partial charge in [0.05, 0.1) is 17.2 Å². The van der Waals surface area contributed by atoms with E-state index in [1.165, 1.54) is 0 Å². The molecule has 0 radical (unpaired) electrons. The van der Waals surface area contributed by atoms with Gasteiger partial charge >= 0.3 is 5.97 Å². The molecule has 0 aliphatic carbocycles. The average molecular weight is 276 g/mol. The molecule has 0 heterocycles. The van der Waals surface area contributed by atoms with Crippen LogP contribution < -0.4 is 5.73 Å². The van der Waals surface area contributed by atoms with Crippen molar-refractivity contribution in [2.45, 2.75) is 6.92 Å². The van der Waals surface area contributed by atoms with Crippen molar-refractivity contribution in [2.24, 2.45) is 0 Å². The van der Waals surface area contributed by atoms with Gasteiger partial charge in [0.1, 0.15) is 0 Å². The molecular weight excluding hydrogens is 262 g/mol. The molecule has 3 nitrogen and oxygen atoms in total. The third-order valence-corrected chi connectivity index (χ3v) is 3.01. The number of carbonyl (C=O) groups is 1. The first kappa shape index (κ1) is 13.4. The zero-order chi connectivity index (χ0) is 13.8.